The molecule has 0 aliphatic carbocycles. The Balaban J connectivity index is 2.44. The van der Waals surface area contributed by atoms with Crippen LogP contribution in [0.4, 0.5) is 0 Å². The van der Waals surface area contributed by atoms with E-state index in [-0.39, 0.29) is 5.75 Å². The first-order valence-electron chi connectivity index (χ1n) is 4.97. The summed E-state index contributed by atoms with van der Waals surface area (Å²) in [7, 11) is 0. The van der Waals surface area contributed by atoms with Crippen LogP contribution in [-0.4, -0.2) is 18.3 Å². The molecule has 1 atom stereocenters. The molecule has 1 aliphatic heterocycles. The van der Waals surface area contributed by atoms with Crippen LogP contribution in [0.5, 0.6) is 11.5 Å². The van der Waals surface area contributed by atoms with E-state index in [0.717, 1.165) is 18.4 Å². The Kier molecular flexibility index (Phi) is 2.59. The van der Waals surface area contributed by atoms with E-state index in [1.54, 1.807) is 6.07 Å². The lowest BCUT2D eigenvalue weighted by Crippen LogP contribution is -2.11. The van der Waals surface area contributed by atoms with Gasteiger partial charge in [0, 0.05) is 11.5 Å². The molecule has 2 rings (SSSR count). The second kappa shape index (κ2) is 3.88. The highest BCUT2D eigenvalue weighted by Gasteiger charge is 2.20. The highest BCUT2D eigenvalue weighted by molar-refractivity contribution is 5.47. The van der Waals surface area contributed by atoms with Crippen LogP contribution in [0.3, 0.4) is 0 Å². The number of para-hydroxylation sites is 1. The van der Waals surface area contributed by atoms with Gasteiger partial charge < -0.3 is 15.6 Å². The van der Waals surface area contributed by atoms with Crippen molar-refractivity contribution in [2.24, 2.45) is 5.73 Å². The summed E-state index contributed by atoms with van der Waals surface area (Å²) in [6.07, 6.45) is 2.03. The number of rotatable bonds is 1. The van der Waals surface area contributed by atoms with Crippen molar-refractivity contribution < 1.29 is 9.84 Å². The number of hydrogen-bond donors (Lipinski definition) is 2. The second-order valence-electron chi connectivity index (χ2n) is 3.62. The first kappa shape index (κ1) is 9.34. The quantitative estimate of drug-likeness (QED) is 0.712. The molecule has 1 aromatic carbocycles. The van der Waals surface area contributed by atoms with Crippen LogP contribution < -0.4 is 10.5 Å². The highest BCUT2D eigenvalue weighted by atomic mass is 16.5. The van der Waals surface area contributed by atoms with Crippen LogP contribution in [0.25, 0.3) is 0 Å². The zero-order valence-corrected chi connectivity index (χ0v) is 8.07. The Hall–Kier alpha value is -1.22. The number of aromatic hydroxyl groups is 1. The molecule has 0 radical (unpaired) electrons. The maximum absolute atomic E-state index is 9.63. The maximum Gasteiger partial charge on any atom is 0.164 e. The summed E-state index contributed by atoms with van der Waals surface area (Å²) in [6, 6.07) is 5.47. The molecule has 1 heterocycles. The average Bonchev–Trinajstić information content (AvgIpc) is 2.40. The van der Waals surface area contributed by atoms with Gasteiger partial charge in [0.05, 0.1) is 6.61 Å². The summed E-state index contributed by atoms with van der Waals surface area (Å²) in [5, 5.41) is 9.63. The largest absolute Gasteiger partial charge is 0.504 e. The molecule has 0 amide bonds. The molecule has 0 bridgehead atoms. The van der Waals surface area contributed by atoms with Crippen LogP contribution in [0.2, 0.25) is 0 Å². The Morgan fingerprint density at radius 2 is 2.36 bits per heavy atom. The van der Waals surface area contributed by atoms with Gasteiger partial charge in [-0.3, -0.25) is 0 Å². The van der Waals surface area contributed by atoms with Crippen LogP contribution in [-0.2, 0) is 0 Å². The Morgan fingerprint density at radius 1 is 1.50 bits per heavy atom. The molecule has 14 heavy (non-hydrogen) atoms. The van der Waals surface area contributed by atoms with Crippen LogP contribution in [0.15, 0.2) is 18.2 Å². The van der Waals surface area contributed by atoms with Gasteiger partial charge in [-0.05, 0) is 25.5 Å². The number of nitrogens with two attached hydrogens (primary N) is 1. The molecular weight excluding hydrogens is 178 g/mol. The lowest BCUT2D eigenvalue weighted by Gasteiger charge is -2.14. The fourth-order valence-corrected chi connectivity index (χ4v) is 1.93. The predicted octanol–water partition coefficient (Wildman–Crippen LogP) is 1.61. The van der Waals surface area contributed by atoms with Crippen LogP contribution in [0.1, 0.15) is 24.3 Å². The van der Waals surface area contributed by atoms with Gasteiger partial charge >= 0.3 is 0 Å². The van der Waals surface area contributed by atoms with E-state index >= 15 is 0 Å². The summed E-state index contributed by atoms with van der Waals surface area (Å²) in [5.41, 5.74) is 6.75. The Labute approximate surface area is 83.5 Å². The maximum atomic E-state index is 9.63. The minimum absolute atomic E-state index is 0.225. The molecule has 0 fully saturated rings. The third-order valence-electron chi connectivity index (χ3n) is 2.69. The van der Waals surface area contributed by atoms with Gasteiger partial charge in [0.2, 0.25) is 0 Å². The molecule has 0 saturated carbocycles. The third kappa shape index (κ3) is 1.55. The van der Waals surface area contributed by atoms with Gasteiger partial charge in [0.15, 0.2) is 11.5 Å². The molecule has 1 aromatic rings. The van der Waals surface area contributed by atoms with E-state index < -0.39 is 0 Å². The van der Waals surface area contributed by atoms with E-state index in [1.807, 2.05) is 12.1 Å². The fourth-order valence-electron chi connectivity index (χ4n) is 1.93. The van der Waals surface area contributed by atoms with Crippen molar-refractivity contribution in [2.45, 2.75) is 18.8 Å². The van der Waals surface area contributed by atoms with Crippen LogP contribution >= 0.6 is 0 Å². The number of hydrogen-bond acceptors (Lipinski definition) is 3. The van der Waals surface area contributed by atoms with E-state index in [1.165, 1.54) is 0 Å². The molecule has 3 nitrogen and oxygen atoms in total. The molecule has 3 heteroatoms. The summed E-state index contributed by atoms with van der Waals surface area (Å²) in [5.74, 6) is 1.17. The molecule has 0 spiro atoms. The van der Waals surface area contributed by atoms with Gasteiger partial charge in [0.1, 0.15) is 0 Å². The topological polar surface area (TPSA) is 55.5 Å². The normalized spacial score (nSPS) is 20.8. The molecule has 3 N–H and O–H groups in total. The van der Waals surface area contributed by atoms with Crippen molar-refractivity contribution in [1.82, 2.24) is 0 Å². The molecule has 0 aromatic heterocycles. The smallest absolute Gasteiger partial charge is 0.164 e. The van der Waals surface area contributed by atoms with Crippen molar-refractivity contribution >= 4 is 0 Å². The van der Waals surface area contributed by atoms with E-state index in [2.05, 4.69) is 0 Å². The third-order valence-corrected chi connectivity index (χ3v) is 2.69. The average molecular weight is 193 g/mol. The predicted molar refractivity (Wildman–Crippen MR) is 54.6 cm³/mol. The zero-order chi connectivity index (χ0) is 9.97. The zero-order valence-electron chi connectivity index (χ0n) is 8.07. The SMILES string of the molecule is NCC1CCCOc2c(O)cccc21. The monoisotopic (exact) mass is 193 g/mol. The van der Waals surface area contributed by atoms with Crippen molar-refractivity contribution in [3.8, 4) is 11.5 Å². The minimum atomic E-state index is 0.225. The van der Waals surface area contributed by atoms with Gasteiger partial charge in [-0.25, -0.2) is 0 Å². The first-order chi connectivity index (χ1) is 6.83. The molecule has 1 aliphatic rings. The highest BCUT2D eigenvalue weighted by Crippen LogP contribution is 2.38. The summed E-state index contributed by atoms with van der Waals surface area (Å²) < 4.78 is 5.51. The van der Waals surface area contributed by atoms with Crippen LogP contribution in [0, 0.1) is 0 Å². The Bertz CT molecular complexity index is 325. The lowest BCUT2D eigenvalue weighted by atomic mass is 9.94. The van der Waals surface area contributed by atoms with Gasteiger partial charge in [-0.1, -0.05) is 12.1 Å². The van der Waals surface area contributed by atoms with Gasteiger partial charge in [-0.15, -0.1) is 0 Å². The number of benzene rings is 1. The summed E-state index contributed by atoms with van der Waals surface area (Å²) >= 11 is 0. The van der Waals surface area contributed by atoms with E-state index in [4.69, 9.17) is 10.5 Å². The molecular formula is C11H15NO2. The lowest BCUT2D eigenvalue weighted by molar-refractivity contribution is 0.299. The number of ether oxygens (including phenoxy) is 1. The number of phenolic OH excluding ortho intramolecular Hbond substituents is 1. The molecule has 0 saturated heterocycles. The Morgan fingerprint density at radius 3 is 3.14 bits per heavy atom. The standard InChI is InChI=1S/C11H15NO2/c12-7-8-3-2-6-14-11-9(8)4-1-5-10(11)13/h1,4-5,8,13H,2-3,6-7,12H2. The summed E-state index contributed by atoms with van der Waals surface area (Å²) in [6.45, 7) is 1.28. The van der Waals surface area contributed by atoms with Gasteiger partial charge in [-0.2, -0.15) is 0 Å². The second-order valence-corrected chi connectivity index (χ2v) is 3.62. The van der Waals surface area contributed by atoms with Crippen molar-refractivity contribution in [3.05, 3.63) is 23.8 Å². The van der Waals surface area contributed by atoms with Crippen molar-refractivity contribution in [2.75, 3.05) is 13.2 Å². The number of phenols is 1. The minimum Gasteiger partial charge on any atom is -0.504 e. The van der Waals surface area contributed by atoms with Gasteiger partial charge in [0.25, 0.3) is 0 Å². The van der Waals surface area contributed by atoms with Crippen molar-refractivity contribution in [3.63, 3.8) is 0 Å². The number of fused-ring (bicyclic) bond motifs is 1. The molecule has 76 valence electrons. The fraction of sp³-hybridized carbons (Fsp3) is 0.455. The molecule has 1 unspecified atom stereocenters. The van der Waals surface area contributed by atoms with Crippen molar-refractivity contribution in [1.29, 1.82) is 0 Å². The first-order valence-corrected chi connectivity index (χ1v) is 4.97. The summed E-state index contributed by atoms with van der Waals surface area (Å²) in [4.78, 5) is 0. The van der Waals surface area contributed by atoms with E-state index in [9.17, 15) is 5.11 Å². The van der Waals surface area contributed by atoms with E-state index in [0.29, 0.717) is 24.8 Å².